The van der Waals surface area contributed by atoms with Gasteiger partial charge in [0.1, 0.15) is 12.0 Å². The minimum absolute atomic E-state index is 0.223. The summed E-state index contributed by atoms with van der Waals surface area (Å²) in [6.45, 7) is 0.645. The van der Waals surface area contributed by atoms with E-state index in [-0.39, 0.29) is 5.71 Å². The van der Waals surface area contributed by atoms with Gasteiger partial charge in [-0.2, -0.15) is 0 Å². The zero-order chi connectivity index (χ0) is 18.7. The van der Waals surface area contributed by atoms with Crippen LogP contribution in [0.15, 0.2) is 36.8 Å². The molecule has 0 amide bonds. The smallest absolute Gasteiger partial charge is 0.135 e. The number of nitrogens with two attached hydrogens (primary N) is 1. The van der Waals surface area contributed by atoms with E-state index in [1.165, 1.54) is 12.4 Å². The van der Waals surface area contributed by atoms with Crippen molar-refractivity contribution in [1.29, 1.82) is 10.8 Å². The van der Waals surface area contributed by atoms with Crippen LogP contribution in [0.3, 0.4) is 0 Å². The summed E-state index contributed by atoms with van der Waals surface area (Å²) in [4.78, 5) is 10.3. The molecule has 1 aliphatic rings. The molecule has 0 unspecified atom stereocenters. The fourth-order valence-corrected chi connectivity index (χ4v) is 2.70. The van der Waals surface area contributed by atoms with E-state index in [4.69, 9.17) is 16.6 Å². The quantitative estimate of drug-likeness (QED) is 0.592. The second kappa shape index (κ2) is 7.30. The highest BCUT2D eigenvalue weighted by molar-refractivity contribution is 6.15. The topological polar surface area (TPSA) is 115 Å². The second-order valence-electron chi connectivity index (χ2n) is 5.97. The highest BCUT2D eigenvalue weighted by Gasteiger charge is 2.27. The van der Waals surface area contributed by atoms with Crippen LogP contribution in [0.2, 0.25) is 0 Å². The number of halogens is 1. The molecule has 7 nitrogen and oxygen atoms in total. The van der Waals surface area contributed by atoms with Crippen molar-refractivity contribution in [2.24, 2.45) is 0 Å². The Kier molecular flexibility index (Phi) is 4.92. The van der Waals surface area contributed by atoms with E-state index in [9.17, 15) is 4.39 Å². The van der Waals surface area contributed by atoms with Crippen LogP contribution in [0.5, 0.6) is 0 Å². The summed E-state index contributed by atoms with van der Waals surface area (Å²) >= 11 is 0. The van der Waals surface area contributed by atoms with E-state index >= 15 is 0 Å². The van der Waals surface area contributed by atoms with E-state index < -0.39 is 6.17 Å². The summed E-state index contributed by atoms with van der Waals surface area (Å²) in [6, 6.07) is 5.17. The van der Waals surface area contributed by atoms with Crippen LogP contribution >= 0.6 is 0 Å². The first-order valence-electron chi connectivity index (χ1n) is 8.11. The predicted octanol–water partition coefficient (Wildman–Crippen LogP) is 1.84. The Morgan fingerprint density at radius 3 is 2.81 bits per heavy atom. The fraction of sp³-hybridized carbons (Fsp3) is 0.222. The van der Waals surface area contributed by atoms with E-state index in [1.54, 1.807) is 37.6 Å². The summed E-state index contributed by atoms with van der Waals surface area (Å²) in [5, 5.41) is 18.9. The Bertz CT molecular complexity index is 872. The summed E-state index contributed by atoms with van der Waals surface area (Å²) in [6.07, 6.45) is 5.10. The summed E-state index contributed by atoms with van der Waals surface area (Å²) in [7, 11) is 1.74. The SMILES string of the molecule is CN/C=C(\C=N)c1cc(C(=N)c2ccnc(N3CC(F)C3)c2)c(N)cn1. The number of hydrogen-bond donors (Lipinski definition) is 4. The van der Waals surface area contributed by atoms with Gasteiger partial charge in [0.2, 0.25) is 0 Å². The van der Waals surface area contributed by atoms with Crippen LogP contribution in [0, 0.1) is 10.8 Å². The summed E-state index contributed by atoms with van der Waals surface area (Å²) in [5.74, 6) is 0.643. The number of anilines is 2. The standard InChI is InChI=1S/C18H20FN7/c1-23-7-12(6-20)16-5-14(15(21)8-25-16)18(22)11-2-3-24-17(4-11)26-9-13(19)10-26/h2-8,13,20,22-23H,9-10,21H2,1H3/b12-7+,20-6?,22-18?. The first-order valence-corrected chi connectivity index (χ1v) is 8.11. The van der Waals surface area contributed by atoms with E-state index in [2.05, 4.69) is 15.3 Å². The van der Waals surface area contributed by atoms with Crippen molar-refractivity contribution >= 4 is 29.0 Å². The van der Waals surface area contributed by atoms with Crippen LogP contribution in [-0.4, -0.2) is 48.2 Å². The van der Waals surface area contributed by atoms with Crippen LogP contribution in [0.1, 0.15) is 16.8 Å². The van der Waals surface area contributed by atoms with E-state index in [0.717, 1.165) is 0 Å². The lowest BCUT2D eigenvalue weighted by molar-refractivity contribution is 0.273. The van der Waals surface area contributed by atoms with Crippen molar-refractivity contribution in [2.45, 2.75) is 6.17 Å². The average Bonchev–Trinajstić information content (AvgIpc) is 2.63. The van der Waals surface area contributed by atoms with Gasteiger partial charge in [0.05, 0.1) is 36.4 Å². The van der Waals surface area contributed by atoms with Crippen molar-refractivity contribution in [3.8, 4) is 0 Å². The molecule has 26 heavy (non-hydrogen) atoms. The zero-order valence-corrected chi connectivity index (χ0v) is 14.3. The molecule has 0 spiro atoms. The molecule has 0 saturated carbocycles. The number of nitrogens with zero attached hydrogens (tertiary/aromatic N) is 3. The van der Waals surface area contributed by atoms with Gasteiger partial charge < -0.3 is 21.4 Å². The van der Waals surface area contributed by atoms with Gasteiger partial charge in [-0.3, -0.25) is 10.4 Å². The first kappa shape index (κ1) is 17.5. The maximum atomic E-state index is 13.1. The van der Waals surface area contributed by atoms with Gasteiger partial charge >= 0.3 is 0 Å². The number of nitrogen functional groups attached to an aromatic ring is 1. The zero-order valence-electron chi connectivity index (χ0n) is 14.3. The lowest BCUT2D eigenvalue weighted by Gasteiger charge is -2.35. The van der Waals surface area contributed by atoms with E-state index in [1.807, 2.05) is 4.90 Å². The number of nitrogens with one attached hydrogen (secondary N) is 3. The molecule has 1 aliphatic heterocycles. The molecule has 3 heterocycles. The molecule has 3 rings (SSSR count). The van der Waals surface area contributed by atoms with Crippen molar-refractivity contribution in [3.63, 3.8) is 0 Å². The van der Waals surface area contributed by atoms with Gasteiger partial charge in [0.25, 0.3) is 0 Å². The van der Waals surface area contributed by atoms with Crippen LogP contribution in [0.25, 0.3) is 5.57 Å². The molecule has 134 valence electrons. The Morgan fingerprint density at radius 2 is 2.15 bits per heavy atom. The van der Waals surface area contributed by atoms with Crippen molar-refractivity contribution in [2.75, 3.05) is 30.8 Å². The van der Waals surface area contributed by atoms with E-state index in [0.29, 0.717) is 47.0 Å². The molecule has 0 bridgehead atoms. The number of rotatable bonds is 6. The predicted molar refractivity (Wildman–Crippen MR) is 102 cm³/mol. The third-order valence-corrected chi connectivity index (χ3v) is 4.15. The number of aromatic nitrogens is 2. The van der Waals surface area contributed by atoms with Gasteiger partial charge in [-0.05, 0) is 18.2 Å². The average molecular weight is 353 g/mol. The first-order chi connectivity index (χ1) is 12.5. The maximum absolute atomic E-state index is 13.1. The largest absolute Gasteiger partial charge is 0.397 e. The maximum Gasteiger partial charge on any atom is 0.135 e. The highest BCUT2D eigenvalue weighted by atomic mass is 19.1. The monoisotopic (exact) mass is 353 g/mol. The molecule has 0 radical (unpaired) electrons. The number of alkyl halides is 1. The highest BCUT2D eigenvalue weighted by Crippen LogP contribution is 2.24. The molecular formula is C18H20FN7. The number of allylic oxidation sites excluding steroid dienone is 1. The van der Waals surface area contributed by atoms with Gasteiger partial charge in [-0.25, -0.2) is 9.37 Å². The molecule has 8 heteroatoms. The lowest BCUT2D eigenvalue weighted by atomic mass is 10.0. The Balaban J connectivity index is 1.93. The molecule has 1 fully saturated rings. The summed E-state index contributed by atoms with van der Waals surface area (Å²) in [5.41, 5.74) is 8.89. The van der Waals surface area contributed by atoms with Crippen molar-refractivity contribution in [1.82, 2.24) is 15.3 Å². The third kappa shape index (κ3) is 3.39. The Hall–Kier alpha value is -3.29. The molecular weight excluding hydrogens is 333 g/mol. The van der Waals surface area contributed by atoms with Gasteiger partial charge in [-0.1, -0.05) is 0 Å². The second-order valence-corrected chi connectivity index (χ2v) is 5.97. The summed E-state index contributed by atoms with van der Waals surface area (Å²) < 4.78 is 13.1. The van der Waals surface area contributed by atoms with Gasteiger partial charge in [0.15, 0.2) is 0 Å². The lowest BCUT2D eigenvalue weighted by Crippen LogP contribution is -2.48. The van der Waals surface area contributed by atoms with Crippen molar-refractivity contribution in [3.05, 3.63) is 53.6 Å². The molecule has 2 aromatic heterocycles. The molecule has 0 aliphatic carbocycles. The minimum atomic E-state index is -0.822. The molecule has 0 aromatic carbocycles. The number of pyridine rings is 2. The van der Waals surface area contributed by atoms with Gasteiger partial charge in [0, 0.05) is 42.4 Å². The molecule has 5 N–H and O–H groups in total. The third-order valence-electron chi connectivity index (χ3n) is 4.15. The molecule has 2 aromatic rings. The van der Waals surface area contributed by atoms with Crippen molar-refractivity contribution < 1.29 is 4.39 Å². The van der Waals surface area contributed by atoms with Crippen LogP contribution < -0.4 is 16.0 Å². The Morgan fingerprint density at radius 1 is 1.38 bits per heavy atom. The van der Waals surface area contributed by atoms with Gasteiger partial charge in [-0.15, -0.1) is 0 Å². The molecule has 1 saturated heterocycles. The fourth-order valence-electron chi connectivity index (χ4n) is 2.70. The number of hydrogen-bond acceptors (Lipinski definition) is 7. The van der Waals surface area contributed by atoms with Crippen LogP contribution in [0.4, 0.5) is 15.9 Å². The molecule has 0 atom stereocenters. The van der Waals surface area contributed by atoms with Crippen LogP contribution in [-0.2, 0) is 0 Å². The normalized spacial score (nSPS) is 14.7. The minimum Gasteiger partial charge on any atom is -0.397 e. The Labute approximate surface area is 150 Å².